The first-order valence-corrected chi connectivity index (χ1v) is 9.62. The third-order valence-corrected chi connectivity index (χ3v) is 4.82. The third-order valence-electron chi connectivity index (χ3n) is 4.82. The molecule has 0 saturated carbocycles. The fourth-order valence-electron chi connectivity index (χ4n) is 3.31. The van der Waals surface area contributed by atoms with Gasteiger partial charge in [0.15, 0.2) is 5.96 Å². The van der Waals surface area contributed by atoms with Crippen LogP contribution in [0.15, 0.2) is 53.5 Å². The van der Waals surface area contributed by atoms with Crippen LogP contribution in [0.2, 0.25) is 0 Å². The van der Waals surface area contributed by atoms with Gasteiger partial charge in [-0.1, -0.05) is 36.4 Å². The fraction of sp³-hybridized carbons (Fsp3) is 0.364. The smallest absolute Gasteiger partial charge is 0.225 e. The van der Waals surface area contributed by atoms with Crippen LogP contribution in [0.1, 0.15) is 30.4 Å². The molecule has 0 radical (unpaired) electrons. The lowest BCUT2D eigenvalue weighted by Crippen LogP contribution is -2.43. The van der Waals surface area contributed by atoms with Gasteiger partial charge >= 0.3 is 0 Å². The first-order chi connectivity index (χ1) is 13.6. The van der Waals surface area contributed by atoms with E-state index in [0.29, 0.717) is 25.5 Å². The number of benzene rings is 2. The van der Waals surface area contributed by atoms with Gasteiger partial charge in [-0.05, 0) is 37.1 Å². The van der Waals surface area contributed by atoms with Gasteiger partial charge in [-0.25, -0.2) is 0 Å². The van der Waals surface area contributed by atoms with Crippen LogP contribution in [-0.4, -0.2) is 38.1 Å². The second-order valence-electron chi connectivity index (χ2n) is 7.06. The highest BCUT2D eigenvalue weighted by molar-refractivity contribution is 5.94. The average molecular weight is 380 g/mol. The summed E-state index contributed by atoms with van der Waals surface area (Å²) in [4.78, 5) is 16.2. The number of nitrogens with zero attached hydrogens (tertiary/aromatic N) is 1. The van der Waals surface area contributed by atoms with E-state index in [-0.39, 0.29) is 17.9 Å². The number of carbonyl (C=O) groups excluding carboxylic acids is 1. The Morgan fingerprint density at radius 1 is 1.21 bits per heavy atom. The molecule has 1 aliphatic rings. The summed E-state index contributed by atoms with van der Waals surface area (Å²) in [6, 6.07) is 15.9. The Morgan fingerprint density at radius 3 is 2.75 bits per heavy atom. The molecule has 3 N–H and O–H groups in total. The predicted octanol–water partition coefficient (Wildman–Crippen LogP) is 3.05. The van der Waals surface area contributed by atoms with Crippen LogP contribution < -0.4 is 20.7 Å². The maximum Gasteiger partial charge on any atom is 0.225 e. The quantitative estimate of drug-likeness (QED) is 0.532. The summed E-state index contributed by atoms with van der Waals surface area (Å²) in [7, 11) is 1.74. The van der Waals surface area contributed by atoms with E-state index in [9.17, 15) is 4.79 Å². The highest BCUT2D eigenvalue weighted by Gasteiger charge is 2.24. The number of nitrogens with one attached hydrogen (secondary N) is 3. The van der Waals surface area contributed by atoms with Crippen LogP contribution in [0.4, 0.5) is 5.69 Å². The molecule has 2 aromatic carbocycles. The number of carbonyl (C=O) groups is 1. The lowest BCUT2D eigenvalue weighted by Gasteiger charge is -2.26. The molecule has 2 aromatic rings. The molecule has 1 aliphatic heterocycles. The lowest BCUT2D eigenvalue weighted by molar-refractivity contribution is -0.116. The predicted molar refractivity (Wildman–Crippen MR) is 113 cm³/mol. The van der Waals surface area contributed by atoms with Crippen molar-refractivity contribution in [3.8, 4) is 5.75 Å². The van der Waals surface area contributed by atoms with Crippen molar-refractivity contribution in [3.63, 3.8) is 0 Å². The summed E-state index contributed by atoms with van der Waals surface area (Å²) in [5.74, 6) is 1.76. The molecule has 148 valence electrons. The molecule has 6 nitrogen and oxygen atoms in total. The molecule has 0 aromatic heterocycles. The molecule has 1 heterocycles. The van der Waals surface area contributed by atoms with Crippen LogP contribution in [0.3, 0.4) is 0 Å². The van der Waals surface area contributed by atoms with Gasteiger partial charge in [0.2, 0.25) is 5.91 Å². The number of hydrogen-bond acceptors (Lipinski definition) is 3. The molecular formula is C22H28N4O2. The van der Waals surface area contributed by atoms with Gasteiger partial charge in [0.05, 0.1) is 6.54 Å². The van der Waals surface area contributed by atoms with Gasteiger partial charge in [0, 0.05) is 31.6 Å². The average Bonchev–Trinajstić information content (AvgIpc) is 2.69. The van der Waals surface area contributed by atoms with Crippen LogP contribution in [0.25, 0.3) is 0 Å². The number of fused-ring (bicyclic) bond motifs is 1. The Labute approximate surface area is 166 Å². The fourth-order valence-corrected chi connectivity index (χ4v) is 3.31. The molecule has 6 heteroatoms. The van der Waals surface area contributed by atoms with E-state index < -0.39 is 0 Å². The Hall–Kier alpha value is -3.02. The standard InChI is InChI=1S/C22H28N4O2/c1-15-8-4-7-11-20(15)28-16(2)13-24-22(23-3)25-14-17-12-21(27)26-19-10-6-5-9-18(17)19/h4-11,16-17H,12-14H2,1-3H3,(H,26,27)(H2,23,24,25). The van der Waals surface area contributed by atoms with E-state index >= 15 is 0 Å². The van der Waals surface area contributed by atoms with Crippen molar-refractivity contribution in [2.45, 2.75) is 32.3 Å². The van der Waals surface area contributed by atoms with Crippen molar-refractivity contribution in [2.24, 2.45) is 4.99 Å². The summed E-state index contributed by atoms with van der Waals surface area (Å²) >= 11 is 0. The van der Waals surface area contributed by atoms with Crippen LogP contribution in [0, 0.1) is 6.92 Å². The minimum absolute atomic E-state index is 0.0131. The topological polar surface area (TPSA) is 74.8 Å². The molecule has 1 amide bonds. The number of amides is 1. The number of aliphatic imine (C=N–C) groups is 1. The normalized spacial score (nSPS) is 17.3. The molecule has 0 saturated heterocycles. The first-order valence-electron chi connectivity index (χ1n) is 9.62. The molecule has 2 unspecified atom stereocenters. The van der Waals surface area contributed by atoms with E-state index in [1.54, 1.807) is 7.05 Å². The van der Waals surface area contributed by atoms with Gasteiger partial charge in [-0.2, -0.15) is 0 Å². The Morgan fingerprint density at radius 2 is 1.96 bits per heavy atom. The summed E-state index contributed by atoms with van der Waals surface area (Å²) in [6.45, 7) is 5.31. The Bertz CT molecular complexity index is 850. The molecule has 0 fully saturated rings. The summed E-state index contributed by atoms with van der Waals surface area (Å²) in [5.41, 5.74) is 3.17. The van der Waals surface area contributed by atoms with Crippen molar-refractivity contribution in [3.05, 3.63) is 59.7 Å². The molecule has 2 atom stereocenters. The molecule has 0 spiro atoms. The van der Waals surface area contributed by atoms with Gasteiger partial charge < -0.3 is 20.7 Å². The summed E-state index contributed by atoms with van der Waals surface area (Å²) in [6.07, 6.45) is 0.453. The minimum atomic E-state index is -0.0131. The maximum atomic E-state index is 12.0. The monoisotopic (exact) mass is 380 g/mol. The molecule has 0 bridgehead atoms. The number of rotatable bonds is 6. The van der Waals surface area contributed by atoms with E-state index in [2.05, 4.69) is 27.0 Å². The summed E-state index contributed by atoms with van der Waals surface area (Å²) < 4.78 is 6.00. The molecule has 3 rings (SSSR count). The van der Waals surface area contributed by atoms with Crippen molar-refractivity contribution in [1.82, 2.24) is 10.6 Å². The SMILES string of the molecule is CN=C(NCC(C)Oc1ccccc1C)NCC1CC(=O)Nc2ccccc21. The number of aryl methyl sites for hydroxylation is 1. The third kappa shape index (κ3) is 5.03. The number of hydrogen-bond donors (Lipinski definition) is 3. The van der Waals surface area contributed by atoms with Crippen molar-refractivity contribution >= 4 is 17.6 Å². The zero-order chi connectivity index (χ0) is 19.9. The second-order valence-corrected chi connectivity index (χ2v) is 7.06. The molecule has 0 aliphatic carbocycles. The molecular weight excluding hydrogens is 352 g/mol. The van der Waals surface area contributed by atoms with Crippen LogP contribution in [0.5, 0.6) is 5.75 Å². The van der Waals surface area contributed by atoms with Crippen molar-refractivity contribution in [1.29, 1.82) is 0 Å². The minimum Gasteiger partial charge on any atom is -0.489 e. The van der Waals surface area contributed by atoms with Crippen molar-refractivity contribution in [2.75, 3.05) is 25.5 Å². The van der Waals surface area contributed by atoms with Gasteiger partial charge in [0.25, 0.3) is 0 Å². The maximum absolute atomic E-state index is 12.0. The number of anilines is 1. The number of guanidine groups is 1. The first kappa shape index (κ1) is 19.7. The Kier molecular flexibility index (Phi) is 6.53. The largest absolute Gasteiger partial charge is 0.489 e. The lowest BCUT2D eigenvalue weighted by atomic mass is 9.90. The van der Waals surface area contributed by atoms with Crippen LogP contribution in [-0.2, 0) is 4.79 Å². The van der Waals surface area contributed by atoms with E-state index in [4.69, 9.17) is 4.74 Å². The van der Waals surface area contributed by atoms with Gasteiger partial charge in [-0.15, -0.1) is 0 Å². The van der Waals surface area contributed by atoms with Crippen molar-refractivity contribution < 1.29 is 9.53 Å². The highest BCUT2D eigenvalue weighted by atomic mass is 16.5. The zero-order valence-corrected chi connectivity index (χ0v) is 16.7. The Balaban J connectivity index is 1.51. The van der Waals surface area contributed by atoms with E-state index in [0.717, 1.165) is 22.6 Å². The van der Waals surface area contributed by atoms with Gasteiger partial charge in [-0.3, -0.25) is 9.79 Å². The van der Waals surface area contributed by atoms with E-state index in [1.165, 1.54) is 0 Å². The highest BCUT2D eigenvalue weighted by Crippen LogP contribution is 2.31. The zero-order valence-electron chi connectivity index (χ0n) is 16.7. The van der Waals surface area contributed by atoms with Gasteiger partial charge in [0.1, 0.15) is 11.9 Å². The molecule has 28 heavy (non-hydrogen) atoms. The number of ether oxygens (including phenoxy) is 1. The second kappa shape index (κ2) is 9.26. The summed E-state index contributed by atoms with van der Waals surface area (Å²) in [5, 5.41) is 9.56. The number of para-hydroxylation sites is 2. The van der Waals surface area contributed by atoms with E-state index in [1.807, 2.05) is 56.3 Å². The van der Waals surface area contributed by atoms with Crippen LogP contribution >= 0.6 is 0 Å².